The van der Waals surface area contributed by atoms with Crippen LogP contribution in [0.25, 0.3) is 0 Å². The van der Waals surface area contributed by atoms with Crippen molar-refractivity contribution >= 4 is 0 Å². The van der Waals surface area contributed by atoms with Crippen molar-refractivity contribution in [2.75, 3.05) is 27.2 Å². The monoisotopic (exact) mass is 264 g/mol. The highest BCUT2D eigenvalue weighted by Gasteiger charge is 2.19. The molecule has 0 aromatic rings. The van der Waals surface area contributed by atoms with Gasteiger partial charge in [0.25, 0.3) is 0 Å². The number of hydrogen-bond acceptors (Lipinski definition) is 4. The number of hydrogen-bond donors (Lipinski definition) is 0. The maximum atomic E-state index is 2.42. The fourth-order valence-electron chi connectivity index (χ4n) is 2.64. The van der Waals surface area contributed by atoms with Gasteiger partial charge in [0.2, 0.25) is 0 Å². The van der Waals surface area contributed by atoms with Crippen molar-refractivity contribution in [3.05, 3.63) is 24.8 Å². The molecular formula is C15H28N4. The topological polar surface area (TPSA) is 13.0 Å². The molecule has 0 saturated carbocycles. The van der Waals surface area contributed by atoms with E-state index >= 15 is 0 Å². The Balaban J connectivity index is 1.56. The van der Waals surface area contributed by atoms with Crippen LogP contribution in [0.15, 0.2) is 24.8 Å². The van der Waals surface area contributed by atoms with E-state index in [0.717, 1.165) is 0 Å². The van der Waals surface area contributed by atoms with E-state index in [1.807, 2.05) is 0 Å². The van der Waals surface area contributed by atoms with E-state index in [1.54, 1.807) is 0 Å². The van der Waals surface area contributed by atoms with Crippen molar-refractivity contribution in [2.24, 2.45) is 0 Å². The van der Waals surface area contributed by atoms with Gasteiger partial charge in [-0.3, -0.25) is 0 Å². The second-order valence-corrected chi connectivity index (χ2v) is 5.73. The Hall–Kier alpha value is -1.32. The summed E-state index contributed by atoms with van der Waals surface area (Å²) in [6.45, 7) is 6.86. The van der Waals surface area contributed by atoms with Gasteiger partial charge in [-0.15, -0.1) is 0 Å². The van der Waals surface area contributed by atoms with Gasteiger partial charge in [0, 0.05) is 52.0 Å². The van der Waals surface area contributed by atoms with E-state index in [1.165, 1.54) is 32.4 Å². The molecule has 2 aliphatic rings. The predicted octanol–water partition coefficient (Wildman–Crippen LogP) is 2.29. The highest BCUT2D eigenvalue weighted by atomic mass is 15.4. The fourth-order valence-corrected chi connectivity index (χ4v) is 2.64. The fraction of sp³-hybridized carbons (Fsp3) is 0.733. The van der Waals surface area contributed by atoms with E-state index in [-0.39, 0.29) is 0 Å². The van der Waals surface area contributed by atoms with E-state index in [0.29, 0.717) is 12.3 Å². The first-order valence-corrected chi connectivity index (χ1v) is 7.41. The van der Waals surface area contributed by atoms with Crippen molar-refractivity contribution in [2.45, 2.75) is 45.4 Å². The highest BCUT2D eigenvalue weighted by Crippen LogP contribution is 2.16. The number of nitrogens with zero attached hydrogens (tertiary/aromatic N) is 4. The normalized spacial score (nSPS) is 26.1. The van der Waals surface area contributed by atoms with Gasteiger partial charge in [0.1, 0.15) is 0 Å². The molecule has 0 N–H and O–H groups in total. The molecule has 0 bridgehead atoms. The summed E-state index contributed by atoms with van der Waals surface area (Å²) in [6.07, 6.45) is 13.7. The summed E-state index contributed by atoms with van der Waals surface area (Å²) in [5.74, 6) is 0. The van der Waals surface area contributed by atoms with Crippen molar-refractivity contribution in [3.63, 3.8) is 0 Å². The lowest BCUT2D eigenvalue weighted by atomic mass is 10.2. The molecule has 0 aromatic carbocycles. The second kappa shape index (κ2) is 6.22. The summed E-state index contributed by atoms with van der Waals surface area (Å²) in [5, 5.41) is 0. The molecule has 2 unspecified atom stereocenters. The first-order chi connectivity index (χ1) is 9.09. The maximum absolute atomic E-state index is 2.42. The largest absolute Gasteiger partial charge is 0.359 e. The van der Waals surface area contributed by atoms with Gasteiger partial charge in [-0.05, 0) is 33.1 Å². The van der Waals surface area contributed by atoms with Gasteiger partial charge in [0.05, 0.1) is 12.3 Å². The molecule has 2 atom stereocenters. The molecule has 4 nitrogen and oxygen atoms in total. The molecule has 108 valence electrons. The molecule has 0 saturated heterocycles. The average Bonchev–Trinajstić information content (AvgIpc) is 2.88. The Morgan fingerprint density at radius 3 is 1.42 bits per heavy atom. The maximum Gasteiger partial charge on any atom is 0.0974 e. The zero-order valence-electron chi connectivity index (χ0n) is 12.8. The number of unbranched alkanes of at least 4 members (excludes halogenated alkanes) is 2. The zero-order chi connectivity index (χ0) is 13.8. The summed E-state index contributed by atoms with van der Waals surface area (Å²) in [5.41, 5.74) is 0. The van der Waals surface area contributed by atoms with Gasteiger partial charge >= 0.3 is 0 Å². The summed E-state index contributed by atoms with van der Waals surface area (Å²) in [7, 11) is 4.28. The van der Waals surface area contributed by atoms with Gasteiger partial charge in [-0.25, -0.2) is 0 Å². The third kappa shape index (κ3) is 3.37. The SMILES string of the molecule is CC1N(C)C=CN1CCCCCN1C=CN(C)C1C. The van der Waals surface area contributed by atoms with Crippen molar-refractivity contribution in [3.8, 4) is 0 Å². The van der Waals surface area contributed by atoms with Gasteiger partial charge in [0.15, 0.2) is 0 Å². The molecule has 0 aromatic heterocycles. The smallest absolute Gasteiger partial charge is 0.0974 e. The third-order valence-corrected chi connectivity index (χ3v) is 4.46. The number of rotatable bonds is 6. The van der Waals surface area contributed by atoms with Gasteiger partial charge in [-0.1, -0.05) is 0 Å². The van der Waals surface area contributed by atoms with Crippen LogP contribution in [0.4, 0.5) is 0 Å². The van der Waals surface area contributed by atoms with Crippen LogP contribution < -0.4 is 0 Å². The van der Waals surface area contributed by atoms with E-state index in [9.17, 15) is 0 Å². The van der Waals surface area contributed by atoms with Crippen LogP contribution in [0.5, 0.6) is 0 Å². The van der Waals surface area contributed by atoms with E-state index in [4.69, 9.17) is 0 Å². The molecule has 2 rings (SSSR count). The van der Waals surface area contributed by atoms with Gasteiger partial charge in [-0.2, -0.15) is 0 Å². The minimum Gasteiger partial charge on any atom is -0.359 e. The second-order valence-electron chi connectivity index (χ2n) is 5.73. The van der Waals surface area contributed by atoms with E-state index in [2.05, 4.69) is 72.3 Å². The Morgan fingerprint density at radius 2 is 1.11 bits per heavy atom. The lowest BCUT2D eigenvalue weighted by molar-refractivity contribution is 0.183. The molecule has 0 spiro atoms. The molecule has 0 radical (unpaired) electrons. The van der Waals surface area contributed by atoms with Crippen molar-refractivity contribution < 1.29 is 0 Å². The quantitative estimate of drug-likeness (QED) is 0.682. The minimum atomic E-state index is 0.523. The highest BCUT2D eigenvalue weighted by molar-refractivity contribution is 4.94. The van der Waals surface area contributed by atoms with Crippen LogP contribution in [0.2, 0.25) is 0 Å². The van der Waals surface area contributed by atoms with Gasteiger partial charge < -0.3 is 19.6 Å². The minimum absolute atomic E-state index is 0.523. The van der Waals surface area contributed by atoms with Crippen LogP contribution in [-0.4, -0.2) is 59.1 Å². The lowest BCUT2D eigenvalue weighted by Gasteiger charge is -2.28. The van der Waals surface area contributed by atoms with E-state index < -0.39 is 0 Å². The molecule has 0 fully saturated rings. The zero-order valence-corrected chi connectivity index (χ0v) is 12.8. The van der Waals surface area contributed by atoms with Crippen LogP contribution >= 0.6 is 0 Å². The Labute approximate surface area is 117 Å². The molecule has 0 aliphatic carbocycles. The Kier molecular flexibility index (Phi) is 4.61. The first-order valence-electron chi connectivity index (χ1n) is 7.41. The molecule has 2 heterocycles. The summed E-state index contributed by atoms with van der Waals surface area (Å²) < 4.78 is 0. The van der Waals surface area contributed by atoms with Crippen LogP contribution in [0.1, 0.15) is 33.1 Å². The summed E-state index contributed by atoms with van der Waals surface area (Å²) >= 11 is 0. The summed E-state index contributed by atoms with van der Waals surface area (Å²) in [6, 6.07) is 0. The molecule has 0 amide bonds. The molecule has 4 heteroatoms. The van der Waals surface area contributed by atoms with Crippen LogP contribution in [-0.2, 0) is 0 Å². The Bertz CT molecular complexity index is 307. The molecular weight excluding hydrogens is 236 g/mol. The molecule has 2 aliphatic heterocycles. The average molecular weight is 264 g/mol. The predicted molar refractivity (Wildman–Crippen MR) is 80.0 cm³/mol. The first kappa shape index (κ1) is 14.1. The standard InChI is InChI=1S/C15H28N4/c1-14-16(3)10-12-18(14)8-6-5-7-9-19-13-11-17(4)15(19)2/h10-15H,5-9H2,1-4H3. The lowest BCUT2D eigenvalue weighted by Crippen LogP contribution is -2.34. The molecule has 19 heavy (non-hydrogen) atoms. The Morgan fingerprint density at radius 1 is 0.684 bits per heavy atom. The van der Waals surface area contributed by atoms with Crippen molar-refractivity contribution in [1.29, 1.82) is 0 Å². The van der Waals surface area contributed by atoms with Crippen LogP contribution in [0.3, 0.4) is 0 Å². The van der Waals surface area contributed by atoms with Crippen LogP contribution in [0, 0.1) is 0 Å². The van der Waals surface area contributed by atoms with Crippen molar-refractivity contribution in [1.82, 2.24) is 19.6 Å². The third-order valence-electron chi connectivity index (χ3n) is 4.46. The summed E-state index contributed by atoms with van der Waals surface area (Å²) in [4.78, 5) is 9.36.